The first kappa shape index (κ1) is 19.8. The summed E-state index contributed by atoms with van der Waals surface area (Å²) in [6, 6.07) is 6.62. The van der Waals surface area contributed by atoms with Gasteiger partial charge in [0.2, 0.25) is 5.91 Å². The molecule has 3 N–H and O–H groups in total. The summed E-state index contributed by atoms with van der Waals surface area (Å²) in [6.45, 7) is 4.11. The number of aliphatic hydroxyl groups is 1. The Balaban J connectivity index is 1.31. The van der Waals surface area contributed by atoms with Gasteiger partial charge < -0.3 is 20.5 Å². The van der Waals surface area contributed by atoms with Crippen LogP contribution in [-0.4, -0.2) is 78.6 Å². The van der Waals surface area contributed by atoms with Crippen molar-refractivity contribution in [3.8, 4) is 5.75 Å². The summed E-state index contributed by atoms with van der Waals surface area (Å²) >= 11 is 0. The van der Waals surface area contributed by atoms with E-state index in [9.17, 15) is 9.59 Å². The molecule has 0 radical (unpaired) electrons. The van der Waals surface area contributed by atoms with Crippen LogP contribution in [0.1, 0.15) is 29.6 Å². The van der Waals surface area contributed by atoms with Crippen molar-refractivity contribution >= 4 is 11.7 Å². The van der Waals surface area contributed by atoms with Crippen LogP contribution in [0.5, 0.6) is 5.75 Å². The van der Waals surface area contributed by atoms with Gasteiger partial charge in [-0.15, -0.1) is 0 Å². The average molecular weight is 375 g/mol. The molecule has 148 valence electrons. The van der Waals surface area contributed by atoms with E-state index in [1.165, 1.54) is 0 Å². The molecule has 3 rings (SSSR count). The van der Waals surface area contributed by atoms with E-state index in [1.807, 2.05) is 24.3 Å². The highest BCUT2D eigenvalue weighted by molar-refractivity contribution is 5.99. The Labute approximate surface area is 160 Å². The van der Waals surface area contributed by atoms with Gasteiger partial charge in [-0.05, 0) is 43.5 Å². The van der Waals surface area contributed by atoms with Crippen molar-refractivity contribution in [2.45, 2.75) is 25.3 Å². The highest BCUT2D eigenvalue weighted by Crippen LogP contribution is 2.32. The molecule has 2 fully saturated rings. The molecule has 0 unspecified atom stereocenters. The van der Waals surface area contributed by atoms with Crippen molar-refractivity contribution in [3.63, 3.8) is 0 Å². The molecule has 1 aliphatic heterocycles. The van der Waals surface area contributed by atoms with Crippen LogP contribution in [0.3, 0.4) is 0 Å². The topological polar surface area (TPSA) is 96.1 Å². The Kier molecular flexibility index (Phi) is 6.82. The number of ether oxygens (including phenoxy) is 1. The van der Waals surface area contributed by atoms with Crippen LogP contribution in [0, 0.1) is 5.92 Å². The van der Waals surface area contributed by atoms with Gasteiger partial charge in [0.1, 0.15) is 11.8 Å². The van der Waals surface area contributed by atoms with E-state index in [0.29, 0.717) is 19.7 Å². The first-order valence-electron chi connectivity index (χ1n) is 9.73. The predicted molar refractivity (Wildman–Crippen MR) is 102 cm³/mol. The molecule has 1 aliphatic carbocycles. The van der Waals surface area contributed by atoms with Crippen molar-refractivity contribution in [1.29, 1.82) is 0 Å². The van der Waals surface area contributed by atoms with Gasteiger partial charge in [0.05, 0.1) is 13.2 Å². The number of Topliss-reactive ketones (excluding diaryl/α,β-unsaturated/α-hetero) is 1. The summed E-state index contributed by atoms with van der Waals surface area (Å²) in [4.78, 5) is 27.9. The number of rotatable bonds is 9. The molecule has 7 heteroatoms. The molecule has 1 saturated heterocycles. The third-order valence-corrected chi connectivity index (χ3v) is 5.17. The van der Waals surface area contributed by atoms with Crippen LogP contribution >= 0.6 is 0 Å². The quantitative estimate of drug-likeness (QED) is 0.482. The van der Waals surface area contributed by atoms with Gasteiger partial charge in [-0.25, -0.2) is 0 Å². The summed E-state index contributed by atoms with van der Waals surface area (Å²) in [5, 5.41) is 8.98. The van der Waals surface area contributed by atoms with E-state index in [2.05, 4.69) is 4.90 Å². The van der Waals surface area contributed by atoms with Crippen molar-refractivity contribution in [2.24, 2.45) is 11.7 Å². The molecule has 1 aromatic rings. The van der Waals surface area contributed by atoms with Crippen LogP contribution in [-0.2, 0) is 4.79 Å². The Morgan fingerprint density at radius 3 is 2.41 bits per heavy atom. The number of carbonyl (C=O) groups is 2. The zero-order valence-corrected chi connectivity index (χ0v) is 15.7. The Bertz CT molecular complexity index is 637. The highest BCUT2D eigenvalue weighted by Gasteiger charge is 2.30. The molecular weight excluding hydrogens is 346 g/mol. The maximum atomic E-state index is 12.0. The molecule has 1 saturated carbocycles. The van der Waals surface area contributed by atoms with Gasteiger partial charge >= 0.3 is 0 Å². The minimum absolute atomic E-state index is 0.177. The molecule has 0 aromatic heterocycles. The lowest BCUT2D eigenvalue weighted by molar-refractivity contribution is -0.135. The van der Waals surface area contributed by atoms with Crippen molar-refractivity contribution in [2.75, 3.05) is 45.9 Å². The van der Waals surface area contributed by atoms with Gasteiger partial charge in [0.15, 0.2) is 5.78 Å². The fourth-order valence-corrected chi connectivity index (χ4v) is 3.28. The Morgan fingerprint density at radius 1 is 1.15 bits per heavy atom. The number of aliphatic hydroxyl groups excluding tert-OH is 1. The number of piperazine rings is 1. The second-order valence-electron chi connectivity index (χ2n) is 7.32. The van der Waals surface area contributed by atoms with Crippen LogP contribution < -0.4 is 10.5 Å². The lowest BCUT2D eigenvalue weighted by Gasteiger charge is -2.35. The Morgan fingerprint density at radius 2 is 1.81 bits per heavy atom. The van der Waals surface area contributed by atoms with Gasteiger partial charge in [0, 0.05) is 44.2 Å². The van der Waals surface area contributed by atoms with E-state index in [1.54, 1.807) is 4.90 Å². The van der Waals surface area contributed by atoms with E-state index >= 15 is 0 Å². The number of ketones is 1. The SMILES string of the molecule is N[C@H](CO)C(=O)N1CCN(CCCOc2ccc(C(=O)C3CC3)cc2)CC1. The van der Waals surface area contributed by atoms with Crippen LogP contribution in [0.4, 0.5) is 0 Å². The highest BCUT2D eigenvalue weighted by atomic mass is 16.5. The van der Waals surface area contributed by atoms with E-state index < -0.39 is 6.04 Å². The maximum absolute atomic E-state index is 12.0. The normalized spacial score (nSPS) is 19.0. The Hall–Kier alpha value is -1.96. The minimum Gasteiger partial charge on any atom is -0.494 e. The van der Waals surface area contributed by atoms with Crippen LogP contribution in [0.25, 0.3) is 0 Å². The van der Waals surface area contributed by atoms with Gasteiger partial charge in [-0.2, -0.15) is 0 Å². The zero-order chi connectivity index (χ0) is 19.2. The molecule has 1 heterocycles. The standard InChI is InChI=1S/C20H29N3O4/c21-18(14-24)20(26)23-11-9-22(10-12-23)8-1-13-27-17-6-4-16(5-7-17)19(25)15-2-3-15/h4-7,15,18,24H,1-3,8-14,21H2/t18-/m1/s1. The molecule has 0 bridgehead atoms. The van der Waals surface area contributed by atoms with Crippen LogP contribution in [0.2, 0.25) is 0 Å². The largest absolute Gasteiger partial charge is 0.494 e. The molecule has 2 aliphatic rings. The van der Waals surface area contributed by atoms with Crippen molar-refractivity contribution < 1.29 is 19.4 Å². The number of carbonyl (C=O) groups excluding carboxylic acids is 2. The number of benzene rings is 1. The number of nitrogens with zero attached hydrogens (tertiary/aromatic N) is 2. The fraction of sp³-hybridized carbons (Fsp3) is 0.600. The minimum atomic E-state index is -0.809. The molecular formula is C20H29N3O4. The number of hydrogen-bond donors (Lipinski definition) is 2. The molecule has 1 atom stereocenters. The van der Waals surface area contributed by atoms with Gasteiger partial charge in [0.25, 0.3) is 0 Å². The third-order valence-electron chi connectivity index (χ3n) is 5.17. The monoisotopic (exact) mass is 375 g/mol. The van der Waals surface area contributed by atoms with E-state index in [0.717, 1.165) is 50.2 Å². The second kappa shape index (κ2) is 9.30. The summed E-state index contributed by atoms with van der Waals surface area (Å²) in [5.74, 6) is 1.10. The first-order valence-corrected chi connectivity index (χ1v) is 9.73. The van der Waals surface area contributed by atoms with Crippen LogP contribution in [0.15, 0.2) is 24.3 Å². The maximum Gasteiger partial charge on any atom is 0.241 e. The second-order valence-corrected chi connectivity index (χ2v) is 7.32. The van der Waals surface area contributed by atoms with E-state index in [-0.39, 0.29) is 24.2 Å². The van der Waals surface area contributed by atoms with Gasteiger partial charge in [-0.3, -0.25) is 14.5 Å². The number of hydrogen-bond acceptors (Lipinski definition) is 6. The number of nitrogens with two attached hydrogens (primary N) is 1. The molecule has 1 aromatic carbocycles. The molecule has 1 amide bonds. The average Bonchev–Trinajstić information content (AvgIpc) is 3.56. The van der Waals surface area contributed by atoms with Gasteiger partial charge in [-0.1, -0.05) is 0 Å². The smallest absolute Gasteiger partial charge is 0.241 e. The summed E-state index contributed by atoms with van der Waals surface area (Å²) in [7, 11) is 0. The lowest BCUT2D eigenvalue weighted by atomic mass is 10.1. The third kappa shape index (κ3) is 5.51. The first-order chi connectivity index (χ1) is 13.1. The molecule has 0 spiro atoms. The summed E-state index contributed by atoms with van der Waals surface area (Å²) in [6.07, 6.45) is 2.94. The fourth-order valence-electron chi connectivity index (χ4n) is 3.28. The predicted octanol–water partition coefficient (Wildman–Crippen LogP) is 0.512. The lowest BCUT2D eigenvalue weighted by Crippen LogP contribution is -2.54. The summed E-state index contributed by atoms with van der Waals surface area (Å²) < 4.78 is 5.77. The summed E-state index contributed by atoms with van der Waals surface area (Å²) in [5.41, 5.74) is 6.37. The molecule has 27 heavy (non-hydrogen) atoms. The van der Waals surface area contributed by atoms with E-state index in [4.69, 9.17) is 15.6 Å². The zero-order valence-electron chi connectivity index (χ0n) is 15.7. The number of amides is 1. The van der Waals surface area contributed by atoms with Crippen molar-refractivity contribution in [1.82, 2.24) is 9.80 Å². The van der Waals surface area contributed by atoms with Crippen molar-refractivity contribution in [3.05, 3.63) is 29.8 Å². The molecule has 7 nitrogen and oxygen atoms in total.